The van der Waals surface area contributed by atoms with Crippen molar-refractivity contribution in [3.63, 3.8) is 0 Å². The van der Waals surface area contributed by atoms with Crippen molar-refractivity contribution in [2.45, 2.75) is 20.8 Å². The van der Waals surface area contributed by atoms with Crippen molar-refractivity contribution >= 4 is 71.9 Å². The van der Waals surface area contributed by atoms with Gasteiger partial charge in [0.05, 0.1) is 0 Å². The molecule has 0 aliphatic rings. The maximum atomic E-state index is 6.84. The van der Waals surface area contributed by atoms with Gasteiger partial charge in [-0.15, -0.1) is 11.3 Å². The van der Waals surface area contributed by atoms with E-state index in [1.165, 1.54) is 75.3 Å². The molecule has 1 heterocycles. The lowest BCUT2D eigenvalue weighted by Gasteiger charge is -2.19. The van der Waals surface area contributed by atoms with Gasteiger partial charge >= 0.3 is 0 Å². The van der Waals surface area contributed by atoms with Gasteiger partial charge in [-0.2, -0.15) is 0 Å². The van der Waals surface area contributed by atoms with Crippen LogP contribution in [-0.4, -0.2) is 7.85 Å². The molecule has 0 saturated carbocycles. The van der Waals surface area contributed by atoms with Crippen molar-refractivity contribution in [2.75, 3.05) is 0 Å². The van der Waals surface area contributed by atoms with E-state index >= 15 is 0 Å². The standard InChI is InChI=1S/C45H35BS/c1-5-7-16-31(6-2)29(3)27-28-30(4)33-21-15-26-40-43(33)38-24-13-23-37(45(38)47-40)42-35-20-12-11-19-34(35)41(32-17-9-8-10-18-32)44-36(42)22-14-25-39(44)46/h5-28H,2H2,1,3-4H3/b7-5-,29-27+,30-28+,31-16+. The first-order valence-corrected chi connectivity index (χ1v) is 16.9. The van der Waals surface area contributed by atoms with Gasteiger partial charge in [-0.05, 0) is 87.4 Å². The molecule has 1 aromatic heterocycles. The van der Waals surface area contributed by atoms with E-state index < -0.39 is 0 Å². The first-order valence-electron chi connectivity index (χ1n) is 16.1. The van der Waals surface area contributed by atoms with E-state index in [0.717, 1.165) is 16.4 Å². The van der Waals surface area contributed by atoms with Crippen molar-refractivity contribution in [1.82, 2.24) is 0 Å². The van der Waals surface area contributed by atoms with Crippen LogP contribution in [0, 0.1) is 0 Å². The predicted molar refractivity (Wildman–Crippen MR) is 211 cm³/mol. The lowest BCUT2D eigenvalue weighted by atomic mass is 9.80. The zero-order valence-corrected chi connectivity index (χ0v) is 27.9. The molecule has 0 aliphatic carbocycles. The Morgan fingerprint density at radius 3 is 2.11 bits per heavy atom. The fourth-order valence-corrected chi connectivity index (χ4v) is 8.07. The van der Waals surface area contributed by atoms with Crippen LogP contribution in [0.4, 0.5) is 0 Å². The van der Waals surface area contributed by atoms with E-state index in [0.29, 0.717) is 0 Å². The number of hydrogen-bond donors (Lipinski definition) is 0. The highest BCUT2D eigenvalue weighted by atomic mass is 32.1. The molecule has 0 saturated heterocycles. The average molecular weight is 619 g/mol. The van der Waals surface area contributed by atoms with Gasteiger partial charge in [0.2, 0.25) is 0 Å². The molecule has 0 amide bonds. The first-order chi connectivity index (χ1) is 23.0. The van der Waals surface area contributed by atoms with Gasteiger partial charge in [0.1, 0.15) is 7.85 Å². The average Bonchev–Trinajstić information content (AvgIpc) is 3.50. The van der Waals surface area contributed by atoms with E-state index in [2.05, 4.69) is 148 Å². The lowest BCUT2D eigenvalue weighted by Crippen LogP contribution is -2.06. The second-order valence-electron chi connectivity index (χ2n) is 11.9. The van der Waals surface area contributed by atoms with Crippen LogP contribution in [0.5, 0.6) is 0 Å². The Morgan fingerprint density at radius 2 is 1.34 bits per heavy atom. The summed E-state index contributed by atoms with van der Waals surface area (Å²) in [6.45, 7) is 10.4. The number of rotatable bonds is 7. The summed E-state index contributed by atoms with van der Waals surface area (Å²) in [5, 5.41) is 7.30. The molecule has 2 heteroatoms. The van der Waals surface area contributed by atoms with E-state index in [1.54, 1.807) is 0 Å². The van der Waals surface area contributed by atoms with E-state index in [-0.39, 0.29) is 0 Å². The van der Waals surface area contributed by atoms with E-state index in [1.807, 2.05) is 36.5 Å². The van der Waals surface area contributed by atoms with Gasteiger partial charge in [0.15, 0.2) is 0 Å². The minimum Gasteiger partial charge on any atom is -0.135 e. The second kappa shape index (κ2) is 12.9. The number of hydrogen-bond acceptors (Lipinski definition) is 1. The normalized spacial score (nSPS) is 13.0. The third kappa shape index (κ3) is 5.39. The summed E-state index contributed by atoms with van der Waals surface area (Å²) in [5.41, 5.74) is 10.4. The maximum absolute atomic E-state index is 6.84. The SMILES string of the molecule is [B]c1cccc2c(-c3cccc4c3sc3cccc(/C(C)=C/C=C(C)/C(C=C)=C/C=C\C)c34)c3ccccc3c(-c3ccccc3)c12. The number of allylic oxidation sites excluding steroid dienone is 9. The van der Waals surface area contributed by atoms with Crippen LogP contribution in [-0.2, 0) is 0 Å². The van der Waals surface area contributed by atoms with Crippen LogP contribution in [0.3, 0.4) is 0 Å². The topological polar surface area (TPSA) is 0 Å². The summed E-state index contributed by atoms with van der Waals surface area (Å²) in [6, 6.07) is 39.2. The molecular weight excluding hydrogens is 583 g/mol. The number of benzene rings is 6. The van der Waals surface area contributed by atoms with Gasteiger partial charge in [-0.25, -0.2) is 0 Å². The molecule has 0 spiro atoms. The zero-order chi connectivity index (χ0) is 32.5. The Bertz CT molecular complexity index is 2450. The molecule has 2 radical (unpaired) electrons. The molecule has 224 valence electrons. The van der Waals surface area contributed by atoms with Gasteiger partial charge in [-0.3, -0.25) is 0 Å². The van der Waals surface area contributed by atoms with Crippen molar-refractivity contribution in [2.24, 2.45) is 0 Å². The fraction of sp³-hybridized carbons (Fsp3) is 0.0667. The lowest BCUT2D eigenvalue weighted by molar-refractivity contribution is 1.43. The summed E-state index contributed by atoms with van der Waals surface area (Å²) in [6.07, 6.45) is 12.5. The Morgan fingerprint density at radius 1 is 0.660 bits per heavy atom. The third-order valence-electron chi connectivity index (χ3n) is 9.09. The first kappa shape index (κ1) is 30.5. The van der Waals surface area contributed by atoms with Crippen LogP contribution < -0.4 is 5.46 Å². The van der Waals surface area contributed by atoms with E-state index in [4.69, 9.17) is 7.85 Å². The van der Waals surface area contributed by atoms with Crippen molar-refractivity contribution < 1.29 is 0 Å². The Labute approximate surface area is 282 Å². The molecule has 7 rings (SSSR count). The van der Waals surface area contributed by atoms with Crippen LogP contribution in [0.15, 0.2) is 163 Å². The Balaban J connectivity index is 1.49. The van der Waals surface area contributed by atoms with Gasteiger partial charge in [-0.1, -0.05) is 152 Å². The summed E-state index contributed by atoms with van der Waals surface area (Å²) >= 11 is 1.87. The minimum absolute atomic E-state index is 0.795. The summed E-state index contributed by atoms with van der Waals surface area (Å²) in [4.78, 5) is 0. The highest BCUT2D eigenvalue weighted by Gasteiger charge is 2.20. The molecule has 0 aliphatic heterocycles. The fourth-order valence-electron chi connectivity index (χ4n) is 6.82. The quantitative estimate of drug-likeness (QED) is 0.0947. The van der Waals surface area contributed by atoms with Crippen LogP contribution >= 0.6 is 11.3 Å². The van der Waals surface area contributed by atoms with Crippen molar-refractivity contribution in [3.8, 4) is 22.3 Å². The molecular formula is C45H35BS. The molecule has 0 atom stereocenters. The molecule has 0 N–H and O–H groups in total. The van der Waals surface area contributed by atoms with Crippen molar-refractivity contribution in [1.29, 1.82) is 0 Å². The number of fused-ring (bicyclic) bond motifs is 5. The Kier molecular flexibility index (Phi) is 8.37. The summed E-state index contributed by atoms with van der Waals surface area (Å²) in [7, 11) is 6.84. The Hall–Kier alpha value is -5.18. The maximum Gasteiger partial charge on any atom is 0.114 e. The van der Waals surface area contributed by atoms with Gasteiger partial charge in [0, 0.05) is 25.7 Å². The second-order valence-corrected chi connectivity index (χ2v) is 13.0. The van der Waals surface area contributed by atoms with Crippen LogP contribution in [0.1, 0.15) is 26.3 Å². The monoisotopic (exact) mass is 618 g/mol. The van der Waals surface area contributed by atoms with Gasteiger partial charge in [0.25, 0.3) is 0 Å². The van der Waals surface area contributed by atoms with Crippen LogP contribution in [0.25, 0.3) is 69.5 Å². The molecule has 0 nitrogen and oxygen atoms in total. The van der Waals surface area contributed by atoms with Crippen molar-refractivity contribution in [3.05, 3.63) is 169 Å². The predicted octanol–water partition coefficient (Wildman–Crippen LogP) is 12.5. The molecule has 7 aromatic rings. The summed E-state index contributed by atoms with van der Waals surface area (Å²) < 4.78 is 2.58. The molecule has 0 unspecified atom stereocenters. The minimum atomic E-state index is 0.795. The molecule has 6 aromatic carbocycles. The van der Waals surface area contributed by atoms with Gasteiger partial charge < -0.3 is 0 Å². The molecule has 0 bridgehead atoms. The smallest absolute Gasteiger partial charge is 0.114 e. The zero-order valence-electron chi connectivity index (χ0n) is 27.0. The van der Waals surface area contributed by atoms with Crippen LogP contribution in [0.2, 0.25) is 0 Å². The summed E-state index contributed by atoms with van der Waals surface area (Å²) in [5.74, 6) is 0. The highest BCUT2D eigenvalue weighted by Crippen LogP contribution is 2.48. The highest BCUT2D eigenvalue weighted by molar-refractivity contribution is 7.26. The van der Waals surface area contributed by atoms with E-state index in [9.17, 15) is 0 Å². The largest absolute Gasteiger partial charge is 0.135 e. The molecule has 47 heavy (non-hydrogen) atoms. The number of thiophene rings is 1. The molecule has 0 fully saturated rings. The third-order valence-corrected chi connectivity index (χ3v) is 10.3.